The maximum absolute atomic E-state index is 13.1. The van der Waals surface area contributed by atoms with Gasteiger partial charge in [-0.25, -0.2) is 4.79 Å². The largest absolute Gasteiger partial charge is 0.481 e. The number of benzene rings is 1. The highest BCUT2D eigenvalue weighted by atomic mass is 127. The molecule has 4 rings (SSSR count). The number of ether oxygens (including phenoxy) is 3. The fraction of sp³-hybridized carbons (Fsp3) is 0.458. The molecule has 1 heterocycles. The predicted octanol–water partition coefficient (Wildman–Crippen LogP) is 2.64. The fourth-order valence-electron chi connectivity index (χ4n) is 4.29. The first-order chi connectivity index (χ1) is 16.8. The number of aromatic nitrogens is 2. The summed E-state index contributed by atoms with van der Waals surface area (Å²) in [6, 6.07) is 10.8. The summed E-state index contributed by atoms with van der Waals surface area (Å²) < 4.78 is 16.3. The summed E-state index contributed by atoms with van der Waals surface area (Å²) in [7, 11) is 1.48. The number of nitrogens with one attached hydrogen (secondary N) is 1. The molecule has 2 saturated carbocycles. The molecule has 2 N–H and O–H groups in total. The quantitative estimate of drug-likeness (QED) is 0.255. The third-order valence-electron chi connectivity index (χ3n) is 6.24. The van der Waals surface area contributed by atoms with Crippen LogP contribution in [0.25, 0.3) is 11.4 Å². The van der Waals surface area contributed by atoms with Crippen molar-refractivity contribution in [2.45, 2.75) is 41.8 Å². The fourth-order valence-corrected chi connectivity index (χ4v) is 5.40. The first-order valence-corrected chi connectivity index (χ1v) is 12.5. The van der Waals surface area contributed by atoms with Crippen LogP contribution in [0.2, 0.25) is 0 Å². The number of carbonyl (C=O) groups is 3. The second-order valence-corrected chi connectivity index (χ2v) is 10.1. The van der Waals surface area contributed by atoms with E-state index in [1.165, 1.54) is 13.2 Å². The Morgan fingerprint density at radius 3 is 2.40 bits per heavy atom. The molecular weight excluding hydrogens is 569 g/mol. The van der Waals surface area contributed by atoms with Crippen molar-refractivity contribution < 1.29 is 33.7 Å². The van der Waals surface area contributed by atoms with Gasteiger partial charge in [-0.05, 0) is 26.2 Å². The number of hydrogen-bond acceptors (Lipinski definition) is 8. The van der Waals surface area contributed by atoms with Crippen molar-refractivity contribution in [1.82, 2.24) is 15.3 Å². The number of esters is 1. The molecule has 0 radical (unpaired) electrons. The van der Waals surface area contributed by atoms with Crippen LogP contribution in [0.1, 0.15) is 26.2 Å². The smallest absolute Gasteiger partial charge is 0.332 e. The van der Waals surface area contributed by atoms with Gasteiger partial charge >= 0.3 is 11.9 Å². The van der Waals surface area contributed by atoms with Gasteiger partial charge in [0.15, 0.2) is 11.4 Å². The van der Waals surface area contributed by atoms with Gasteiger partial charge < -0.3 is 24.6 Å². The molecule has 2 aliphatic carbocycles. The molecule has 11 heteroatoms. The van der Waals surface area contributed by atoms with Crippen LogP contribution >= 0.6 is 22.6 Å². The molecule has 0 spiro atoms. The summed E-state index contributed by atoms with van der Waals surface area (Å²) in [5, 5.41) is 12.6. The van der Waals surface area contributed by atoms with Crippen LogP contribution in [0.15, 0.2) is 36.4 Å². The molecule has 2 aromatic rings. The van der Waals surface area contributed by atoms with Gasteiger partial charge in [0.25, 0.3) is 0 Å². The number of hydrogen-bond donors (Lipinski definition) is 2. The maximum atomic E-state index is 13.1. The molecule has 0 unspecified atom stereocenters. The molecule has 0 saturated heterocycles. The minimum Gasteiger partial charge on any atom is -0.481 e. The highest BCUT2D eigenvalue weighted by Crippen LogP contribution is 2.45. The van der Waals surface area contributed by atoms with Gasteiger partial charge in [-0.1, -0.05) is 52.9 Å². The molecular formula is C24H26IN3O7. The number of amides is 1. The summed E-state index contributed by atoms with van der Waals surface area (Å²) in [5.74, 6) is -2.95. The van der Waals surface area contributed by atoms with Crippen molar-refractivity contribution in [3.63, 3.8) is 0 Å². The normalized spacial score (nSPS) is 27.1. The predicted molar refractivity (Wildman–Crippen MR) is 132 cm³/mol. The molecule has 0 aliphatic heterocycles. The van der Waals surface area contributed by atoms with Crippen molar-refractivity contribution >= 4 is 40.4 Å². The SMILES string of the molecule is CCOC(=O)[C@@]1(NC(=O)[C@@H]2C[C@@H](Oc3cc(OC)nc(-c4ccccc4)n3)C[C@H]2C(=O)O)C[C@H]1I. The van der Waals surface area contributed by atoms with E-state index in [2.05, 4.69) is 37.9 Å². The number of nitrogens with zero attached hydrogens (tertiary/aromatic N) is 2. The van der Waals surface area contributed by atoms with Gasteiger partial charge in [0, 0.05) is 9.49 Å². The number of carbonyl (C=O) groups excluding carboxylic acids is 2. The van der Waals surface area contributed by atoms with Crippen molar-refractivity contribution in [3.8, 4) is 23.1 Å². The van der Waals surface area contributed by atoms with Gasteiger partial charge in [0.05, 0.1) is 31.6 Å². The zero-order valence-corrected chi connectivity index (χ0v) is 21.4. The first kappa shape index (κ1) is 25.1. The lowest BCUT2D eigenvalue weighted by molar-refractivity contribution is -0.150. The number of halogens is 1. The Kier molecular flexibility index (Phi) is 7.43. The lowest BCUT2D eigenvalue weighted by atomic mass is 9.95. The van der Waals surface area contributed by atoms with Crippen LogP contribution in [-0.4, -0.2) is 62.2 Å². The Balaban J connectivity index is 1.50. The third kappa shape index (κ3) is 5.34. The van der Waals surface area contributed by atoms with Crippen molar-refractivity contribution in [1.29, 1.82) is 0 Å². The van der Waals surface area contributed by atoms with Gasteiger partial charge in [-0.3, -0.25) is 9.59 Å². The van der Waals surface area contributed by atoms with Crippen LogP contribution in [0, 0.1) is 11.8 Å². The number of alkyl halides is 1. The van der Waals surface area contributed by atoms with E-state index in [9.17, 15) is 19.5 Å². The lowest BCUT2D eigenvalue weighted by Crippen LogP contribution is -2.49. The molecule has 5 atom stereocenters. The van der Waals surface area contributed by atoms with Gasteiger partial charge in [-0.2, -0.15) is 9.97 Å². The van der Waals surface area contributed by atoms with E-state index >= 15 is 0 Å². The van der Waals surface area contributed by atoms with Crippen LogP contribution in [0.4, 0.5) is 0 Å². The Morgan fingerprint density at radius 2 is 1.80 bits per heavy atom. The van der Waals surface area contributed by atoms with Crippen LogP contribution in [0.3, 0.4) is 0 Å². The molecule has 1 aromatic carbocycles. The average Bonchev–Trinajstić information content (AvgIpc) is 3.30. The summed E-state index contributed by atoms with van der Waals surface area (Å²) in [6.45, 7) is 1.90. The molecule has 1 amide bonds. The number of rotatable bonds is 9. The number of aliphatic carboxylic acids is 1. The Morgan fingerprint density at radius 1 is 1.14 bits per heavy atom. The van der Waals surface area contributed by atoms with Crippen LogP contribution in [0.5, 0.6) is 11.8 Å². The van der Waals surface area contributed by atoms with Crippen molar-refractivity contribution in [2.24, 2.45) is 11.8 Å². The van der Waals surface area contributed by atoms with E-state index in [1.807, 2.05) is 30.3 Å². The van der Waals surface area contributed by atoms with Gasteiger partial charge in [0.2, 0.25) is 17.7 Å². The third-order valence-corrected chi connectivity index (χ3v) is 7.75. The minimum atomic E-state index is -1.10. The molecule has 2 aliphatic rings. The van der Waals surface area contributed by atoms with E-state index in [1.54, 1.807) is 6.92 Å². The van der Waals surface area contributed by atoms with E-state index in [0.717, 1.165) is 5.56 Å². The van der Waals surface area contributed by atoms with Crippen LogP contribution in [-0.2, 0) is 19.1 Å². The molecule has 0 bridgehead atoms. The lowest BCUT2D eigenvalue weighted by Gasteiger charge is -2.21. The summed E-state index contributed by atoms with van der Waals surface area (Å²) in [5.41, 5.74) is -0.328. The van der Waals surface area contributed by atoms with Crippen molar-refractivity contribution in [2.75, 3.05) is 13.7 Å². The molecule has 186 valence electrons. The van der Waals surface area contributed by atoms with E-state index in [-0.39, 0.29) is 29.3 Å². The minimum absolute atomic E-state index is 0.107. The maximum Gasteiger partial charge on any atom is 0.332 e. The van der Waals surface area contributed by atoms with Gasteiger partial charge in [-0.15, -0.1) is 0 Å². The van der Waals surface area contributed by atoms with Crippen LogP contribution < -0.4 is 14.8 Å². The average molecular weight is 595 g/mol. The molecule has 35 heavy (non-hydrogen) atoms. The Labute approximate surface area is 215 Å². The highest BCUT2D eigenvalue weighted by molar-refractivity contribution is 14.1. The second-order valence-electron chi connectivity index (χ2n) is 8.55. The first-order valence-electron chi connectivity index (χ1n) is 11.3. The zero-order valence-electron chi connectivity index (χ0n) is 19.3. The van der Waals surface area contributed by atoms with E-state index in [0.29, 0.717) is 18.1 Å². The summed E-state index contributed by atoms with van der Waals surface area (Å²) >= 11 is 2.09. The standard InChI is InChI=1S/C24H26IN3O7/c1-3-34-23(32)24(12-17(24)25)28-21(29)15-9-14(10-16(15)22(30)31)35-19-11-18(33-2)26-20(27-19)13-7-5-4-6-8-13/h4-8,11,14-17H,3,9-10,12H2,1-2H3,(H,28,29)(H,30,31)/t14-,15-,16-,17-,24-/m1/s1. The number of carboxylic acids is 1. The highest BCUT2D eigenvalue weighted by Gasteiger charge is 2.62. The van der Waals surface area contributed by atoms with Gasteiger partial charge in [0.1, 0.15) is 6.10 Å². The molecule has 1 aromatic heterocycles. The molecule has 2 fully saturated rings. The summed E-state index contributed by atoms with van der Waals surface area (Å²) in [6.07, 6.45) is 0.176. The topological polar surface area (TPSA) is 137 Å². The number of carboxylic acid groups (broad SMARTS) is 1. The number of methoxy groups -OCH3 is 1. The van der Waals surface area contributed by atoms with E-state index < -0.39 is 41.3 Å². The zero-order chi connectivity index (χ0) is 25.2. The second kappa shape index (κ2) is 10.3. The van der Waals surface area contributed by atoms with E-state index in [4.69, 9.17) is 14.2 Å². The molecule has 10 nitrogen and oxygen atoms in total. The Hall–Kier alpha value is -2.96. The monoisotopic (exact) mass is 595 g/mol. The van der Waals surface area contributed by atoms with Crippen molar-refractivity contribution in [3.05, 3.63) is 36.4 Å². The summed E-state index contributed by atoms with van der Waals surface area (Å²) in [4.78, 5) is 46.3. The Bertz CT molecular complexity index is 1120.